The normalized spacial score (nSPS) is 12.7. The molecule has 0 fully saturated rings. The Morgan fingerprint density at radius 3 is 2.82 bits per heavy atom. The molecule has 0 amide bonds. The third kappa shape index (κ3) is 2.13. The van der Waals surface area contributed by atoms with Gasteiger partial charge < -0.3 is 4.74 Å². The molecule has 1 aliphatic heterocycles. The van der Waals surface area contributed by atoms with Gasteiger partial charge in [0.15, 0.2) is 0 Å². The molecule has 0 saturated heterocycles. The summed E-state index contributed by atoms with van der Waals surface area (Å²) < 4.78 is 5.34. The van der Waals surface area contributed by atoms with Gasteiger partial charge in [-0.1, -0.05) is 24.3 Å². The third-order valence-electron chi connectivity index (χ3n) is 1.55. The summed E-state index contributed by atoms with van der Waals surface area (Å²) in [4.78, 5) is 0. The fourth-order valence-electron chi connectivity index (χ4n) is 1.06. The molecule has 1 aliphatic rings. The van der Waals surface area contributed by atoms with Gasteiger partial charge in [0.2, 0.25) is 0 Å². The molecule has 2 rings (SSSR count). The average molecular weight is 272 g/mol. The molecule has 0 aliphatic carbocycles. The maximum atomic E-state index is 5.34. The molecule has 54 valence electrons. The topological polar surface area (TPSA) is 9.23 Å². The second-order valence-corrected chi connectivity index (χ2v) is 2.25. The second kappa shape index (κ2) is 4.38. The van der Waals surface area contributed by atoms with E-state index >= 15 is 0 Å². The molecule has 0 aromatic heterocycles. The fraction of sp³-hybridized carbons (Fsp3) is 0.111. The monoisotopic (exact) mass is 272 g/mol. The van der Waals surface area contributed by atoms with Crippen molar-refractivity contribution in [3.63, 3.8) is 0 Å². The van der Waals surface area contributed by atoms with Gasteiger partial charge in [-0.05, 0) is 12.1 Å². The molecule has 0 saturated carbocycles. The predicted molar refractivity (Wildman–Crippen MR) is 49.5 cm³/mol. The number of para-hydroxylation sites is 1. The van der Waals surface area contributed by atoms with Crippen molar-refractivity contribution in [2.24, 2.45) is 0 Å². The molecule has 0 unspecified atom stereocenters. The summed E-state index contributed by atoms with van der Waals surface area (Å²) in [6.07, 6.45) is 4.10. The van der Waals surface area contributed by atoms with Gasteiger partial charge in [0, 0.05) is 5.56 Å². The minimum absolute atomic E-state index is 0. The standard InChI is InChI=1S/C9H8O.Ba.2H/c1-2-6-9-8(4-1)5-3-7-10-9;;;/h1-6H,7H2;;;. The van der Waals surface area contributed by atoms with Crippen LogP contribution in [0.3, 0.4) is 0 Å². The molecule has 1 aromatic carbocycles. The van der Waals surface area contributed by atoms with Crippen LogP contribution in [0.15, 0.2) is 30.3 Å². The first-order valence-corrected chi connectivity index (χ1v) is 3.35. The van der Waals surface area contributed by atoms with Gasteiger partial charge >= 0.3 is 48.9 Å². The van der Waals surface area contributed by atoms with Gasteiger partial charge in [-0.3, -0.25) is 0 Å². The van der Waals surface area contributed by atoms with E-state index in [4.69, 9.17) is 4.74 Å². The molecule has 0 N–H and O–H groups in total. The number of hydrogen-bond donors (Lipinski definition) is 0. The molecule has 1 heterocycles. The zero-order valence-corrected chi connectivity index (χ0v) is 5.58. The van der Waals surface area contributed by atoms with E-state index in [1.807, 2.05) is 30.3 Å². The minimum atomic E-state index is 0. The zero-order chi connectivity index (χ0) is 6.81. The number of ether oxygens (including phenoxy) is 1. The summed E-state index contributed by atoms with van der Waals surface area (Å²) in [6.45, 7) is 0.705. The molecule has 0 radical (unpaired) electrons. The van der Waals surface area contributed by atoms with Gasteiger partial charge in [0.05, 0.1) is 0 Å². The first-order valence-electron chi connectivity index (χ1n) is 3.35. The van der Waals surface area contributed by atoms with Crippen molar-refractivity contribution in [1.82, 2.24) is 0 Å². The Bertz CT molecular complexity index is 268. The van der Waals surface area contributed by atoms with Crippen LogP contribution in [-0.4, -0.2) is 55.5 Å². The van der Waals surface area contributed by atoms with E-state index in [1.54, 1.807) is 0 Å². The number of fused-ring (bicyclic) bond motifs is 1. The average Bonchev–Trinajstić information content (AvgIpc) is 2.05. The van der Waals surface area contributed by atoms with Crippen LogP contribution in [-0.2, 0) is 0 Å². The summed E-state index contributed by atoms with van der Waals surface area (Å²) in [7, 11) is 0. The summed E-state index contributed by atoms with van der Waals surface area (Å²) >= 11 is 0. The van der Waals surface area contributed by atoms with Gasteiger partial charge in [-0.15, -0.1) is 0 Å². The molecule has 1 aromatic rings. The van der Waals surface area contributed by atoms with Crippen molar-refractivity contribution in [2.75, 3.05) is 6.61 Å². The van der Waals surface area contributed by atoms with Crippen molar-refractivity contribution in [3.05, 3.63) is 35.9 Å². The molecule has 0 atom stereocenters. The molecule has 0 spiro atoms. The van der Waals surface area contributed by atoms with Gasteiger partial charge in [0.25, 0.3) is 0 Å². The van der Waals surface area contributed by atoms with Crippen LogP contribution in [0.4, 0.5) is 0 Å². The van der Waals surface area contributed by atoms with Crippen LogP contribution in [0.5, 0.6) is 5.75 Å². The molecule has 1 nitrogen and oxygen atoms in total. The zero-order valence-electron chi connectivity index (χ0n) is 5.58. The molecular weight excluding hydrogens is 261 g/mol. The summed E-state index contributed by atoms with van der Waals surface area (Å²) in [5.74, 6) is 0.991. The van der Waals surface area contributed by atoms with Gasteiger partial charge in [-0.2, -0.15) is 0 Å². The van der Waals surface area contributed by atoms with Crippen molar-refractivity contribution in [3.8, 4) is 5.75 Å². The predicted octanol–water partition coefficient (Wildman–Crippen LogP) is 1.18. The van der Waals surface area contributed by atoms with Crippen LogP contribution >= 0.6 is 0 Å². The molecule has 11 heavy (non-hydrogen) atoms. The third-order valence-corrected chi connectivity index (χ3v) is 1.55. The first-order chi connectivity index (χ1) is 4.97. The maximum absolute atomic E-state index is 5.34. The summed E-state index contributed by atoms with van der Waals surface area (Å²) in [5, 5.41) is 0. The summed E-state index contributed by atoms with van der Waals surface area (Å²) in [5.41, 5.74) is 1.17. The van der Waals surface area contributed by atoms with E-state index in [0.717, 1.165) is 5.75 Å². The van der Waals surface area contributed by atoms with Gasteiger partial charge in [0.1, 0.15) is 12.4 Å². The summed E-state index contributed by atoms with van der Waals surface area (Å²) in [6, 6.07) is 8.03. The van der Waals surface area contributed by atoms with E-state index < -0.39 is 0 Å². The van der Waals surface area contributed by atoms with E-state index in [-0.39, 0.29) is 48.9 Å². The van der Waals surface area contributed by atoms with Crippen LogP contribution in [0.25, 0.3) is 6.08 Å². The molecule has 2 heteroatoms. The fourth-order valence-corrected chi connectivity index (χ4v) is 1.06. The van der Waals surface area contributed by atoms with Crippen molar-refractivity contribution in [2.45, 2.75) is 0 Å². The SMILES string of the molecule is C1=Cc2ccccc2OC1.[BaH2]. The van der Waals surface area contributed by atoms with Crippen LogP contribution in [0.1, 0.15) is 5.56 Å². The Morgan fingerprint density at radius 1 is 1.18 bits per heavy atom. The number of rotatable bonds is 0. The number of benzene rings is 1. The quantitative estimate of drug-likeness (QED) is 0.644. The Hall–Kier alpha value is 0.331. The van der Waals surface area contributed by atoms with Crippen LogP contribution in [0.2, 0.25) is 0 Å². The van der Waals surface area contributed by atoms with Crippen molar-refractivity contribution < 1.29 is 4.74 Å². The van der Waals surface area contributed by atoms with Gasteiger partial charge in [-0.25, -0.2) is 0 Å². The van der Waals surface area contributed by atoms with E-state index in [1.165, 1.54) is 5.56 Å². The Labute approximate surface area is 107 Å². The Morgan fingerprint density at radius 2 is 2.00 bits per heavy atom. The van der Waals surface area contributed by atoms with E-state index in [0.29, 0.717) is 6.61 Å². The van der Waals surface area contributed by atoms with Crippen LogP contribution in [0, 0.1) is 0 Å². The van der Waals surface area contributed by atoms with Crippen LogP contribution < -0.4 is 4.74 Å². The number of hydrogen-bond acceptors (Lipinski definition) is 1. The second-order valence-electron chi connectivity index (χ2n) is 2.25. The first kappa shape index (κ1) is 9.42. The Balaban J connectivity index is 0.000000605. The molecular formula is C9H10BaO. The Kier molecular flexibility index (Phi) is 3.75. The van der Waals surface area contributed by atoms with E-state index in [9.17, 15) is 0 Å². The van der Waals surface area contributed by atoms with Crippen molar-refractivity contribution >= 4 is 55.0 Å². The van der Waals surface area contributed by atoms with E-state index in [2.05, 4.69) is 6.08 Å². The van der Waals surface area contributed by atoms with Crippen molar-refractivity contribution in [1.29, 1.82) is 0 Å². The molecule has 0 bridgehead atoms.